The summed E-state index contributed by atoms with van der Waals surface area (Å²) in [4.78, 5) is 24.8. The molecule has 4 rings (SSSR count). The first-order chi connectivity index (χ1) is 12.8. The molecule has 0 bridgehead atoms. The molecule has 1 aliphatic carbocycles. The van der Waals surface area contributed by atoms with Gasteiger partial charge in [0, 0.05) is 42.9 Å². The molecular weight excluding hydrogens is 344 g/mol. The molecule has 0 atom stereocenters. The minimum Gasteiger partial charge on any atom is -0.383 e. The van der Waals surface area contributed by atoms with Crippen molar-refractivity contribution < 1.29 is 4.92 Å². The Morgan fingerprint density at radius 3 is 2.56 bits per heavy atom. The predicted octanol–water partition coefficient (Wildman–Crippen LogP) is 2.22. The fourth-order valence-corrected chi connectivity index (χ4v) is 4.33. The minimum absolute atomic E-state index is 0.202. The van der Waals surface area contributed by atoms with Crippen LogP contribution in [0.2, 0.25) is 0 Å². The fourth-order valence-electron chi connectivity index (χ4n) is 4.33. The Morgan fingerprint density at radius 1 is 1.19 bits per heavy atom. The number of hydrogen-bond acceptors (Lipinski definition) is 7. The summed E-state index contributed by atoms with van der Waals surface area (Å²) in [7, 11) is 2.07. The fraction of sp³-hybridized carbons (Fsp3) is 0.474. The minimum atomic E-state index is -0.376. The smallest absolute Gasteiger partial charge is 0.296 e. The van der Waals surface area contributed by atoms with Gasteiger partial charge in [0.05, 0.1) is 10.6 Å². The van der Waals surface area contributed by atoms with Gasteiger partial charge >= 0.3 is 0 Å². The van der Waals surface area contributed by atoms with Crippen molar-refractivity contribution in [2.24, 2.45) is 0 Å². The lowest BCUT2D eigenvalue weighted by Crippen LogP contribution is -2.44. The molecule has 8 heteroatoms. The van der Waals surface area contributed by atoms with Gasteiger partial charge in [-0.05, 0) is 31.0 Å². The molecular formula is C19H24N6O2. The molecule has 2 N–H and O–H groups in total. The van der Waals surface area contributed by atoms with Crippen LogP contribution in [0.4, 0.5) is 17.2 Å². The number of nitro benzene ring substituents is 1. The zero-order chi connectivity index (χ0) is 19.3. The molecule has 2 aromatic rings. The summed E-state index contributed by atoms with van der Waals surface area (Å²) >= 11 is 0. The Morgan fingerprint density at radius 2 is 1.89 bits per heavy atom. The Labute approximate surface area is 158 Å². The van der Waals surface area contributed by atoms with Crippen LogP contribution in [0.3, 0.4) is 0 Å². The first-order valence-corrected chi connectivity index (χ1v) is 9.14. The molecule has 8 nitrogen and oxygen atoms in total. The molecule has 0 amide bonds. The maximum absolute atomic E-state index is 12.1. The number of nitro groups is 1. The molecule has 1 fully saturated rings. The highest BCUT2D eigenvalue weighted by molar-refractivity contribution is 5.83. The van der Waals surface area contributed by atoms with Crippen molar-refractivity contribution in [2.75, 3.05) is 43.9 Å². The maximum atomic E-state index is 12.1. The summed E-state index contributed by atoms with van der Waals surface area (Å²) in [5.74, 6) is 0.446. The van der Waals surface area contributed by atoms with Crippen molar-refractivity contribution in [3.05, 3.63) is 39.7 Å². The first-order valence-electron chi connectivity index (χ1n) is 9.14. The van der Waals surface area contributed by atoms with Gasteiger partial charge in [-0.2, -0.15) is 0 Å². The SMILES string of the molecule is CN1CCN(c2ccc3c(c2[N+](=O)[O-])CC(C)(C)c2c(N)ncnc2-3)CC1. The van der Waals surface area contributed by atoms with Crippen LogP contribution in [0.5, 0.6) is 0 Å². The van der Waals surface area contributed by atoms with Crippen molar-refractivity contribution in [2.45, 2.75) is 25.7 Å². The number of likely N-dealkylation sites (N-methyl/N-ethyl adjacent to an activating group) is 1. The van der Waals surface area contributed by atoms with Gasteiger partial charge in [0.2, 0.25) is 0 Å². The van der Waals surface area contributed by atoms with Crippen LogP contribution in [0, 0.1) is 10.1 Å². The molecule has 1 aromatic heterocycles. The average molecular weight is 368 g/mol. The lowest BCUT2D eigenvalue weighted by Gasteiger charge is -2.36. The van der Waals surface area contributed by atoms with Gasteiger partial charge in [-0.3, -0.25) is 10.1 Å². The van der Waals surface area contributed by atoms with Crippen molar-refractivity contribution in [1.29, 1.82) is 0 Å². The van der Waals surface area contributed by atoms with E-state index < -0.39 is 0 Å². The molecule has 1 aromatic carbocycles. The molecule has 0 radical (unpaired) electrons. The van der Waals surface area contributed by atoms with Gasteiger partial charge in [0.25, 0.3) is 5.69 Å². The predicted molar refractivity (Wildman–Crippen MR) is 105 cm³/mol. The van der Waals surface area contributed by atoms with Crippen LogP contribution in [-0.2, 0) is 11.8 Å². The van der Waals surface area contributed by atoms with Crippen molar-refractivity contribution in [1.82, 2.24) is 14.9 Å². The van der Waals surface area contributed by atoms with E-state index in [9.17, 15) is 10.1 Å². The number of aromatic nitrogens is 2. The molecule has 2 aliphatic rings. The molecule has 27 heavy (non-hydrogen) atoms. The Bertz CT molecular complexity index is 919. The molecule has 0 unspecified atom stereocenters. The van der Waals surface area contributed by atoms with Crippen molar-refractivity contribution in [3.8, 4) is 11.3 Å². The summed E-state index contributed by atoms with van der Waals surface area (Å²) in [6, 6.07) is 3.82. The molecule has 2 heterocycles. The second kappa shape index (κ2) is 6.16. The van der Waals surface area contributed by atoms with Crippen LogP contribution in [0.1, 0.15) is 25.0 Å². The van der Waals surface area contributed by atoms with Gasteiger partial charge in [0.15, 0.2) is 0 Å². The van der Waals surface area contributed by atoms with E-state index in [1.807, 2.05) is 26.0 Å². The number of nitrogen functional groups attached to an aromatic ring is 1. The van der Waals surface area contributed by atoms with E-state index in [2.05, 4.69) is 26.8 Å². The van der Waals surface area contributed by atoms with Gasteiger partial charge in [-0.1, -0.05) is 13.8 Å². The monoisotopic (exact) mass is 368 g/mol. The number of rotatable bonds is 2. The van der Waals surface area contributed by atoms with E-state index in [1.54, 1.807) is 0 Å². The van der Waals surface area contributed by atoms with Gasteiger partial charge in [0.1, 0.15) is 17.8 Å². The van der Waals surface area contributed by atoms with E-state index in [-0.39, 0.29) is 16.0 Å². The number of hydrogen-bond donors (Lipinski definition) is 1. The number of nitrogens with zero attached hydrogens (tertiary/aromatic N) is 5. The maximum Gasteiger partial charge on any atom is 0.296 e. The summed E-state index contributed by atoms with van der Waals surface area (Å²) in [6.07, 6.45) is 1.96. The van der Waals surface area contributed by atoms with E-state index in [0.29, 0.717) is 23.6 Å². The van der Waals surface area contributed by atoms with E-state index in [1.165, 1.54) is 6.33 Å². The van der Waals surface area contributed by atoms with Gasteiger partial charge in [-0.25, -0.2) is 9.97 Å². The van der Waals surface area contributed by atoms with E-state index >= 15 is 0 Å². The van der Waals surface area contributed by atoms with Crippen molar-refractivity contribution in [3.63, 3.8) is 0 Å². The Balaban J connectivity index is 1.91. The zero-order valence-corrected chi connectivity index (χ0v) is 15.9. The van der Waals surface area contributed by atoms with Gasteiger partial charge < -0.3 is 15.5 Å². The average Bonchev–Trinajstić information content (AvgIpc) is 2.60. The largest absolute Gasteiger partial charge is 0.383 e. The van der Waals surface area contributed by atoms with Crippen molar-refractivity contribution >= 4 is 17.2 Å². The van der Waals surface area contributed by atoms with Crippen LogP contribution < -0.4 is 10.6 Å². The number of fused-ring (bicyclic) bond motifs is 3. The molecule has 142 valence electrons. The quantitative estimate of drug-likeness (QED) is 0.640. The van der Waals surface area contributed by atoms with Gasteiger partial charge in [-0.15, -0.1) is 0 Å². The Hall–Kier alpha value is -2.74. The number of nitrogens with two attached hydrogens (primary N) is 1. The van der Waals surface area contributed by atoms with Crippen LogP contribution in [0.25, 0.3) is 11.3 Å². The normalized spacial score (nSPS) is 18.7. The van der Waals surface area contributed by atoms with Crippen LogP contribution in [-0.4, -0.2) is 53.0 Å². The van der Waals surface area contributed by atoms with Crippen LogP contribution in [0.15, 0.2) is 18.5 Å². The first kappa shape index (κ1) is 17.7. The summed E-state index contributed by atoms with van der Waals surface area (Å²) in [6.45, 7) is 7.44. The highest BCUT2D eigenvalue weighted by Crippen LogP contribution is 2.49. The number of anilines is 2. The molecule has 1 aliphatic heterocycles. The lowest BCUT2D eigenvalue weighted by atomic mass is 9.71. The highest BCUT2D eigenvalue weighted by Gasteiger charge is 2.39. The third-order valence-corrected chi connectivity index (χ3v) is 5.72. The second-order valence-corrected chi connectivity index (χ2v) is 8.05. The topological polar surface area (TPSA) is 101 Å². The number of piperazine rings is 1. The van der Waals surface area contributed by atoms with Crippen LogP contribution >= 0.6 is 0 Å². The standard InChI is InChI=1S/C19H24N6O2/c1-19(2)10-13-12(16-15(19)18(20)22-11-21-16)4-5-14(17(13)25(26)27)24-8-6-23(3)7-9-24/h4-5,11H,6-10H2,1-3H3,(H2,20,21,22). The third kappa shape index (κ3) is 2.80. The Kier molecular flexibility index (Phi) is 4.03. The van der Waals surface area contributed by atoms with E-state index in [0.717, 1.165) is 42.9 Å². The second-order valence-electron chi connectivity index (χ2n) is 8.05. The highest BCUT2D eigenvalue weighted by atomic mass is 16.6. The molecule has 1 saturated heterocycles. The third-order valence-electron chi connectivity index (χ3n) is 5.72. The lowest BCUT2D eigenvalue weighted by molar-refractivity contribution is -0.384. The van der Waals surface area contributed by atoms with E-state index in [4.69, 9.17) is 5.73 Å². The summed E-state index contributed by atoms with van der Waals surface area (Å²) in [5, 5.41) is 12.1. The summed E-state index contributed by atoms with van der Waals surface area (Å²) < 4.78 is 0. The molecule has 0 spiro atoms. The summed E-state index contributed by atoms with van der Waals surface area (Å²) in [5.41, 5.74) is 9.78. The zero-order valence-electron chi connectivity index (χ0n) is 15.9. The molecule has 0 saturated carbocycles. The number of benzene rings is 1.